The molecule has 0 amide bonds. The highest BCUT2D eigenvalue weighted by atomic mass is 32.2. The average Bonchev–Trinajstić information content (AvgIpc) is 2.23. The summed E-state index contributed by atoms with van der Waals surface area (Å²) in [6.07, 6.45) is -4.15. The number of aromatic nitrogens is 2. The highest BCUT2D eigenvalue weighted by Gasteiger charge is 2.25. The smallest absolute Gasteiger partial charge is 0.308 e. The normalized spacial score (nSPS) is 11.9. The van der Waals surface area contributed by atoms with E-state index >= 15 is 0 Å². The summed E-state index contributed by atoms with van der Waals surface area (Å²) in [5.74, 6) is 0.512. The SMILES string of the molecule is Cc1nc(SCCNCC(F)(F)F)nc(C)c1C. The molecule has 0 atom stereocenters. The summed E-state index contributed by atoms with van der Waals surface area (Å²) < 4.78 is 35.6. The molecule has 0 saturated heterocycles. The Labute approximate surface area is 109 Å². The minimum absolute atomic E-state index is 0.277. The fourth-order valence-electron chi connectivity index (χ4n) is 1.25. The molecule has 18 heavy (non-hydrogen) atoms. The van der Waals surface area contributed by atoms with Gasteiger partial charge in [-0.1, -0.05) is 11.8 Å². The Morgan fingerprint density at radius 3 is 2.17 bits per heavy atom. The Bertz CT molecular complexity index is 384. The van der Waals surface area contributed by atoms with E-state index in [2.05, 4.69) is 15.3 Å². The first-order valence-corrected chi connectivity index (χ1v) is 6.50. The summed E-state index contributed by atoms with van der Waals surface area (Å²) in [5, 5.41) is 2.95. The lowest BCUT2D eigenvalue weighted by atomic mass is 10.2. The van der Waals surface area contributed by atoms with Gasteiger partial charge in [0.2, 0.25) is 0 Å². The van der Waals surface area contributed by atoms with Crippen molar-refractivity contribution in [2.75, 3.05) is 18.8 Å². The van der Waals surface area contributed by atoms with Gasteiger partial charge in [-0.05, 0) is 26.3 Å². The van der Waals surface area contributed by atoms with Crippen molar-refractivity contribution in [3.63, 3.8) is 0 Å². The van der Waals surface area contributed by atoms with Crippen molar-refractivity contribution in [1.29, 1.82) is 0 Å². The van der Waals surface area contributed by atoms with Crippen molar-refractivity contribution < 1.29 is 13.2 Å². The van der Waals surface area contributed by atoms with Gasteiger partial charge in [-0.25, -0.2) is 9.97 Å². The highest BCUT2D eigenvalue weighted by molar-refractivity contribution is 7.99. The summed E-state index contributed by atoms with van der Waals surface area (Å²) in [6, 6.07) is 0. The first-order valence-electron chi connectivity index (χ1n) is 5.51. The molecule has 0 fully saturated rings. The van der Waals surface area contributed by atoms with E-state index in [-0.39, 0.29) is 6.54 Å². The van der Waals surface area contributed by atoms with Crippen LogP contribution in [0.2, 0.25) is 0 Å². The van der Waals surface area contributed by atoms with Crippen LogP contribution in [0.1, 0.15) is 17.0 Å². The lowest BCUT2D eigenvalue weighted by Crippen LogP contribution is -2.30. The molecule has 0 aliphatic heterocycles. The monoisotopic (exact) mass is 279 g/mol. The Morgan fingerprint density at radius 2 is 1.67 bits per heavy atom. The summed E-state index contributed by atoms with van der Waals surface area (Å²) in [5.41, 5.74) is 2.87. The van der Waals surface area contributed by atoms with E-state index < -0.39 is 12.7 Å². The molecule has 0 aliphatic rings. The van der Waals surface area contributed by atoms with E-state index in [1.54, 1.807) is 0 Å². The predicted molar refractivity (Wildman–Crippen MR) is 65.9 cm³/mol. The number of aryl methyl sites for hydroxylation is 2. The topological polar surface area (TPSA) is 37.8 Å². The standard InChI is InChI=1S/C11H16F3N3S/c1-7-8(2)16-10(17-9(7)3)18-5-4-15-6-11(12,13)14/h15H,4-6H2,1-3H3. The molecule has 3 nitrogen and oxygen atoms in total. The van der Waals surface area contributed by atoms with Crippen LogP contribution in [0.25, 0.3) is 0 Å². The van der Waals surface area contributed by atoms with E-state index in [1.165, 1.54) is 11.8 Å². The van der Waals surface area contributed by atoms with E-state index in [9.17, 15) is 13.2 Å². The maximum absolute atomic E-state index is 11.9. The van der Waals surface area contributed by atoms with Gasteiger partial charge in [-0.15, -0.1) is 0 Å². The number of halogens is 3. The third-order valence-corrected chi connectivity index (χ3v) is 3.30. The largest absolute Gasteiger partial charge is 0.401 e. The third-order valence-electron chi connectivity index (χ3n) is 2.45. The molecule has 0 aromatic carbocycles. The number of hydrogen-bond acceptors (Lipinski definition) is 4. The molecule has 0 bridgehead atoms. The zero-order valence-electron chi connectivity index (χ0n) is 10.6. The van der Waals surface area contributed by atoms with Crippen molar-refractivity contribution in [1.82, 2.24) is 15.3 Å². The average molecular weight is 279 g/mol. The van der Waals surface area contributed by atoms with Gasteiger partial charge in [-0.2, -0.15) is 13.2 Å². The van der Waals surface area contributed by atoms with Crippen LogP contribution in [0.15, 0.2) is 5.16 Å². The summed E-state index contributed by atoms with van der Waals surface area (Å²) in [4.78, 5) is 8.56. The molecule has 0 unspecified atom stereocenters. The van der Waals surface area contributed by atoms with Crippen molar-refractivity contribution in [3.05, 3.63) is 17.0 Å². The van der Waals surface area contributed by atoms with Gasteiger partial charge in [0.05, 0.1) is 6.54 Å². The van der Waals surface area contributed by atoms with Gasteiger partial charge >= 0.3 is 6.18 Å². The summed E-state index contributed by atoms with van der Waals surface area (Å²) >= 11 is 1.36. The third kappa shape index (κ3) is 5.22. The fourth-order valence-corrected chi connectivity index (χ4v) is 2.08. The van der Waals surface area contributed by atoms with E-state index in [1.807, 2.05) is 20.8 Å². The first kappa shape index (κ1) is 15.2. The molecule has 0 aliphatic carbocycles. The molecular weight excluding hydrogens is 263 g/mol. The van der Waals surface area contributed by atoms with Crippen LogP contribution in [-0.4, -0.2) is 35.0 Å². The Balaban J connectivity index is 2.36. The molecular formula is C11H16F3N3S. The number of hydrogen-bond donors (Lipinski definition) is 1. The second-order valence-corrected chi connectivity index (χ2v) is 5.00. The number of rotatable bonds is 5. The van der Waals surface area contributed by atoms with Crippen molar-refractivity contribution >= 4 is 11.8 Å². The van der Waals surface area contributed by atoms with Crippen LogP contribution in [0, 0.1) is 20.8 Å². The zero-order chi connectivity index (χ0) is 13.8. The van der Waals surface area contributed by atoms with E-state index in [0.717, 1.165) is 17.0 Å². The van der Waals surface area contributed by atoms with Gasteiger partial charge in [0.1, 0.15) is 0 Å². The highest BCUT2D eigenvalue weighted by Crippen LogP contribution is 2.17. The van der Waals surface area contributed by atoms with E-state index in [4.69, 9.17) is 0 Å². The Kier molecular flexibility index (Phi) is 5.40. The van der Waals surface area contributed by atoms with Gasteiger partial charge in [-0.3, -0.25) is 0 Å². The molecule has 0 spiro atoms. The quantitative estimate of drug-likeness (QED) is 0.511. The number of nitrogens with one attached hydrogen (secondary N) is 1. The van der Waals surface area contributed by atoms with Gasteiger partial charge < -0.3 is 5.32 Å². The molecule has 7 heteroatoms. The number of nitrogens with zero attached hydrogens (tertiary/aromatic N) is 2. The molecule has 1 aromatic heterocycles. The Hall–Kier alpha value is -0.820. The van der Waals surface area contributed by atoms with Crippen LogP contribution in [0.3, 0.4) is 0 Å². The molecule has 1 N–H and O–H groups in total. The maximum atomic E-state index is 11.9. The lowest BCUT2D eigenvalue weighted by Gasteiger charge is -2.08. The first-order chi connectivity index (χ1) is 8.29. The Morgan fingerprint density at radius 1 is 1.11 bits per heavy atom. The minimum atomic E-state index is -4.15. The van der Waals surface area contributed by atoms with Crippen molar-refractivity contribution in [3.8, 4) is 0 Å². The summed E-state index contributed by atoms with van der Waals surface area (Å²) in [6.45, 7) is 5.07. The molecule has 0 radical (unpaired) electrons. The fraction of sp³-hybridized carbons (Fsp3) is 0.636. The van der Waals surface area contributed by atoms with Crippen LogP contribution >= 0.6 is 11.8 Å². The minimum Gasteiger partial charge on any atom is -0.308 e. The predicted octanol–water partition coefficient (Wildman–Crippen LogP) is 2.65. The second-order valence-electron chi connectivity index (χ2n) is 3.94. The molecule has 102 valence electrons. The number of thioether (sulfide) groups is 1. The van der Waals surface area contributed by atoms with Gasteiger partial charge in [0, 0.05) is 23.7 Å². The van der Waals surface area contributed by atoms with Crippen LogP contribution in [-0.2, 0) is 0 Å². The zero-order valence-corrected chi connectivity index (χ0v) is 11.4. The van der Waals surface area contributed by atoms with E-state index in [0.29, 0.717) is 10.9 Å². The van der Waals surface area contributed by atoms with Crippen LogP contribution in [0.5, 0.6) is 0 Å². The molecule has 1 heterocycles. The molecule has 0 saturated carbocycles. The van der Waals surface area contributed by atoms with Gasteiger partial charge in [0.15, 0.2) is 5.16 Å². The second kappa shape index (κ2) is 6.38. The van der Waals surface area contributed by atoms with Crippen LogP contribution < -0.4 is 5.32 Å². The molecule has 1 aromatic rings. The van der Waals surface area contributed by atoms with Crippen molar-refractivity contribution in [2.24, 2.45) is 0 Å². The summed E-state index contributed by atoms with van der Waals surface area (Å²) in [7, 11) is 0. The maximum Gasteiger partial charge on any atom is 0.401 e. The van der Waals surface area contributed by atoms with Crippen molar-refractivity contribution in [2.45, 2.75) is 32.1 Å². The lowest BCUT2D eigenvalue weighted by molar-refractivity contribution is -0.124. The number of alkyl halides is 3. The molecule has 1 rings (SSSR count). The van der Waals surface area contributed by atoms with Crippen LogP contribution in [0.4, 0.5) is 13.2 Å². The van der Waals surface area contributed by atoms with Gasteiger partial charge in [0.25, 0.3) is 0 Å².